The van der Waals surface area contributed by atoms with Crippen LogP contribution in [0.5, 0.6) is 0 Å². The van der Waals surface area contributed by atoms with E-state index < -0.39 is 0 Å². The van der Waals surface area contributed by atoms with Crippen LogP contribution in [0.3, 0.4) is 0 Å². The number of rotatable bonds is 6. The lowest BCUT2D eigenvalue weighted by Gasteiger charge is -2.09. The van der Waals surface area contributed by atoms with Crippen molar-refractivity contribution in [2.45, 2.75) is 25.4 Å². The summed E-state index contributed by atoms with van der Waals surface area (Å²) in [6, 6.07) is 0. The van der Waals surface area contributed by atoms with E-state index in [1.54, 1.807) is 7.11 Å². The second kappa shape index (κ2) is 7.64. The van der Waals surface area contributed by atoms with Gasteiger partial charge in [-0.25, -0.2) is 0 Å². The van der Waals surface area contributed by atoms with Crippen LogP contribution in [0.15, 0.2) is 0 Å². The van der Waals surface area contributed by atoms with Gasteiger partial charge in [0.25, 0.3) is 0 Å². The fourth-order valence-electron chi connectivity index (χ4n) is 0.724. The van der Waals surface area contributed by atoms with E-state index in [0.29, 0.717) is 5.88 Å². The van der Waals surface area contributed by atoms with E-state index in [4.69, 9.17) is 27.9 Å². The fraction of sp³-hybridized carbons (Fsp3) is 1.00. The zero-order chi connectivity index (χ0) is 7.82. The predicted octanol–water partition coefficient (Wildman–Crippen LogP) is 2.65. The zero-order valence-corrected chi connectivity index (χ0v) is 7.79. The Labute approximate surface area is 72.6 Å². The normalized spacial score (nSPS) is 13.5. The Kier molecular flexibility index (Phi) is 8.06. The quantitative estimate of drug-likeness (QED) is 0.456. The van der Waals surface area contributed by atoms with Crippen molar-refractivity contribution in [1.29, 1.82) is 0 Å². The number of alkyl halides is 2. The molecule has 62 valence electrons. The molecule has 0 aromatic rings. The van der Waals surface area contributed by atoms with Crippen LogP contribution in [0.2, 0.25) is 0 Å². The Morgan fingerprint density at radius 1 is 1.30 bits per heavy atom. The van der Waals surface area contributed by atoms with Gasteiger partial charge < -0.3 is 4.74 Å². The topological polar surface area (TPSA) is 9.23 Å². The standard InChI is InChI=1S/C7H14Cl2O/c1-10-7(6-9)4-2-3-5-8/h7H,2-6H2,1H3. The molecule has 0 saturated heterocycles. The molecule has 0 aromatic carbocycles. The average Bonchev–Trinajstić information content (AvgIpc) is 1.99. The summed E-state index contributed by atoms with van der Waals surface area (Å²) in [6.07, 6.45) is 3.39. The molecule has 0 spiro atoms. The Morgan fingerprint density at radius 2 is 2.00 bits per heavy atom. The molecule has 3 heteroatoms. The lowest BCUT2D eigenvalue weighted by Crippen LogP contribution is -2.11. The van der Waals surface area contributed by atoms with Crippen LogP contribution in [0.4, 0.5) is 0 Å². The maximum Gasteiger partial charge on any atom is 0.0706 e. The molecule has 1 nitrogen and oxygen atoms in total. The fourth-order valence-corrected chi connectivity index (χ4v) is 1.19. The molecule has 0 N–H and O–H groups in total. The molecular weight excluding hydrogens is 171 g/mol. The molecule has 0 aliphatic carbocycles. The van der Waals surface area contributed by atoms with E-state index in [9.17, 15) is 0 Å². The van der Waals surface area contributed by atoms with E-state index in [2.05, 4.69) is 0 Å². The lowest BCUT2D eigenvalue weighted by atomic mass is 10.2. The van der Waals surface area contributed by atoms with Crippen LogP contribution < -0.4 is 0 Å². The minimum atomic E-state index is 0.213. The SMILES string of the molecule is COC(CCl)CCCCCl. The van der Waals surface area contributed by atoms with Gasteiger partial charge in [-0.3, -0.25) is 0 Å². The second-order valence-corrected chi connectivity index (χ2v) is 2.88. The van der Waals surface area contributed by atoms with Crippen molar-refractivity contribution in [3.05, 3.63) is 0 Å². The summed E-state index contributed by atoms with van der Waals surface area (Å²) in [7, 11) is 1.69. The summed E-state index contributed by atoms with van der Waals surface area (Å²) in [5.74, 6) is 1.32. The Balaban J connectivity index is 3.09. The van der Waals surface area contributed by atoms with Crippen LogP contribution in [0.25, 0.3) is 0 Å². The molecule has 0 heterocycles. The van der Waals surface area contributed by atoms with Crippen LogP contribution in [-0.2, 0) is 4.74 Å². The van der Waals surface area contributed by atoms with Crippen LogP contribution in [0.1, 0.15) is 19.3 Å². The summed E-state index contributed by atoms with van der Waals surface area (Å²) in [5, 5.41) is 0. The maximum absolute atomic E-state index is 5.59. The minimum Gasteiger partial charge on any atom is -0.380 e. The van der Waals surface area contributed by atoms with Gasteiger partial charge in [0.1, 0.15) is 0 Å². The van der Waals surface area contributed by atoms with Crippen LogP contribution in [-0.4, -0.2) is 25.0 Å². The monoisotopic (exact) mass is 184 g/mol. The first-order chi connectivity index (χ1) is 4.85. The van der Waals surface area contributed by atoms with Gasteiger partial charge >= 0.3 is 0 Å². The highest BCUT2D eigenvalue weighted by Crippen LogP contribution is 2.06. The van der Waals surface area contributed by atoms with Gasteiger partial charge in [0.15, 0.2) is 0 Å². The summed E-state index contributed by atoms with van der Waals surface area (Å²) in [4.78, 5) is 0. The van der Waals surface area contributed by atoms with Crippen LogP contribution >= 0.6 is 23.2 Å². The Hall–Kier alpha value is 0.540. The summed E-state index contributed by atoms with van der Waals surface area (Å²) in [5.41, 5.74) is 0. The average molecular weight is 185 g/mol. The van der Waals surface area contributed by atoms with Crippen LogP contribution in [0, 0.1) is 0 Å². The molecule has 1 unspecified atom stereocenters. The minimum absolute atomic E-state index is 0.213. The van der Waals surface area contributed by atoms with Crippen molar-refractivity contribution >= 4 is 23.2 Å². The van der Waals surface area contributed by atoms with Gasteiger partial charge in [-0.2, -0.15) is 0 Å². The molecule has 0 rings (SSSR count). The molecule has 0 bridgehead atoms. The number of hydrogen-bond acceptors (Lipinski definition) is 1. The number of halogens is 2. The molecular formula is C7H14Cl2O. The third-order valence-electron chi connectivity index (χ3n) is 1.42. The highest BCUT2D eigenvalue weighted by molar-refractivity contribution is 6.18. The summed E-state index contributed by atoms with van der Waals surface area (Å²) in [6.45, 7) is 0. The highest BCUT2D eigenvalue weighted by Gasteiger charge is 2.03. The molecule has 0 radical (unpaired) electrons. The van der Waals surface area contributed by atoms with Gasteiger partial charge in [-0.05, 0) is 19.3 Å². The maximum atomic E-state index is 5.59. The molecule has 0 fully saturated rings. The first-order valence-electron chi connectivity index (χ1n) is 3.49. The summed E-state index contributed by atoms with van der Waals surface area (Å²) >= 11 is 11.1. The third-order valence-corrected chi connectivity index (χ3v) is 2.03. The molecule has 0 aromatic heterocycles. The Morgan fingerprint density at radius 3 is 2.40 bits per heavy atom. The first-order valence-corrected chi connectivity index (χ1v) is 4.56. The Bertz CT molecular complexity index is 64.6. The van der Waals surface area contributed by atoms with Crippen molar-refractivity contribution in [2.75, 3.05) is 18.9 Å². The van der Waals surface area contributed by atoms with Crippen molar-refractivity contribution in [1.82, 2.24) is 0 Å². The number of methoxy groups -OCH3 is 1. The van der Waals surface area contributed by atoms with Crippen molar-refractivity contribution in [2.24, 2.45) is 0 Å². The second-order valence-electron chi connectivity index (χ2n) is 2.20. The number of unbranched alkanes of at least 4 members (excludes halogenated alkanes) is 1. The van der Waals surface area contributed by atoms with Gasteiger partial charge in [0.05, 0.1) is 6.10 Å². The van der Waals surface area contributed by atoms with E-state index in [0.717, 1.165) is 25.1 Å². The molecule has 0 aliphatic rings. The predicted molar refractivity (Wildman–Crippen MR) is 46.1 cm³/mol. The third kappa shape index (κ3) is 5.33. The molecule has 0 amide bonds. The first kappa shape index (κ1) is 10.5. The van der Waals surface area contributed by atoms with Gasteiger partial charge in [0.2, 0.25) is 0 Å². The van der Waals surface area contributed by atoms with Crippen molar-refractivity contribution in [3.63, 3.8) is 0 Å². The number of ether oxygens (including phenoxy) is 1. The van der Waals surface area contributed by atoms with Gasteiger partial charge in [0, 0.05) is 18.9 Å². The molecule has 1 atom stereocenters. The zero-order valence-electron chi connectivity index (χ0n) is 6.28. The number of hydrogen-bond donors (Lipinski definition) is 0. The van der Waals surface area contributed by atoms with Crippen molar-refractivity contribution < 1.29 is 4.74 Å². The molecule has 0 saturated carbocycles. The smallest absolute Gasteiger partial charge is 0.0706 e. The highest BCUT2D eigenvalue weighted by atomic mass is 35.5. The van der Waals surface area contributed by atoms with E-state index in [-0.39, 0.29) is 6.10 Å². The van der Waals surface area contributed by atoms with Gasteiger partial charge in [-0.15, -0.1) is 23.2 Å². The van der Waals surface area contributed by atoms with Gasteiger partial charge in [-0.1, -0.05) is 0 Å². The molecule has 0 aliphatic heterocycles. The van der Waals surface area contributed by atoms with E-state index in [1.165, 1.54) is 0 Å². The molecule has 10 heavy (non-hydrogen) atoms. The van der Waals surface area contributed by atoms with Crippen molar-refractivity contribution in [3.8, 4) is 0 Å². The van der Waals surface area contributed by atoms with E-state index in [1.807, 2.05) is 0 Å². The largest absolute Gasteiger partial charge is 0.380 e. The summed E-state index contributed by atoms with van der Waals surface area (Å²) < 4.78 is 5.07. The van der Waals surface area contributed by atoms with E-state index >= 15 is 0 Å². The lowest BCUT2D eigenvalue weighted by molar-refractivity contribution is 0.111.